The van der Waals surface area contributed by atoms with Crippen molar-refractivity contribution < 1.29 is 4.74 Å². The van der Waals surface area contributed by atoms with E-state index in [9.17, 15) is 0 Å². The number of ether oxygens (including phenoxy) is 1. The van der Waals surface area contributed by atoms with E-state index < -0.39 is 0 Å². The molecule has 0 saturated carbocycles. The fraction of sp³-hybridized carbons (Fsp3) is 0.500. The highest BCUT2D eigenvalue weighted by Gasteiger charge is 2.19. The van der Waals surface area contributed by atoms with Gasteiger partial charge in [-0.25, -0.2) is 0 Å². The predicted octanol–water partition coefficient (Wildman–Crippen LogP) is 2.08. The summed E-state index contributed by atoms with van der Waals surface area (Å²) in [6, 6.07) is 10.3. The zero-order chi connectivity index (χ0) is 11.2. The summed E-state index contributed by atoms with van der Waals surface area (Å²) < 4.78 is 5.37. The van der Waals surface area contributed by atoms with Gasteiger partial charge in [-0.05, 0) is 18.4 Å². The summed E-state index contributed by atoms with van der Waals surface area (Å²) in [6.45, 7) is 3.69. The molecule has 1 heterocycles. The molecule has 1 fully saturated rings. The number of para-hydroxylation sites is 1. The summed E-state index contributed by atoms with van der Waals surface area (Å²) >= 11 is 1.83. The summed E-state index contributed by atoms with van der Waals surface area (Å²) in [5.74, 6) is 0. The second-order valence-corrected chi connectivity index (χ2v) is 4.66. The Hall–Kier alpha value is -0.710. The van der Waals surface area contributed by atoms with Crippen LogP contribution in [0.2, 0.25) is 0 Å². The molecule has 16 heavy (non-hydrogen) atoms. The van der Waals surface area contributed by atoms with E-state index in [1.165, 1.54) is 5.69 Å². The van der Waals surface area contributed by atoms with Crippen molar-refractivity contribution in [2.24, 2.45) is 0 Å². The van der Waals surface area contributed by atoms with Crippen LogP contribution >= 0.6 is 11.8 Å². The molecule has 2 rings (SSSR count). The molecule has 0 aliphatic carbocycles. The third kappa shape index (κ3) is 3.14. The number of nitrogens with zero attached hydrogens (tertiary/aromatic N) is 1. The maximum atomic E-state index is 5.37. The molecule has 1 unspecified atom stereocenters. The standard InChI is InChI=1S/C12H18N2OS/c1-16-12(14-7-9-15-10-8-14)13-11-5-3-2-4-6-11/h2-6,12-13H,7-10H2,1H3. The summed E-state index contributed by atoms with van der Waals surface area (Å²) in [7, 11) is 0. The predicted molar refractivity (Wildman–Crippen MR) is 69.8 cm³/mol. The van der Waals surface area contributed by atoms with Crippen LogP contribution in [0, 0.1) is 0 Å². The van der Waals surface area contributed by atoms with Gasteiger partial charge in [0.05, 0.1) is 13.2 Å². The maximum Gasteiger partial charge on any atom is 0.128 e. The number of thioether (sulfide) groups is 1. The SMILES string of the molecule is CSC(Nc1ccccc1)N1CCOCC1. The van der Waals surface area contributed by atoms with Crippen LogP contribution in [0.25, 0.3) is 0 Å². The van der Waals surface area contributed by atoms with E-state index in [-0.39, 0.29) is 0 Å². The maximum absolute atomic E-state index is 5.37. The van der Waals surface area contributed by atoms with Gasteiger partial charge in [0.15, 0.2) is 0 Å². The topological polar surface area (TPSA) is 24.5 Å². The molecular weight excluding hydrogens is 220 g/mol. The highest BCUT2D eigenvalue weighted by atomic mass is 32.2. The lowest BCUT2D eigenvalue weighted by Crippen LogP contribution is -2.45. The largest absolute Gasteiger partial charge is 0.379 e. The summed E-state index contributed by atoms with van der Waals surface area (Å²) in [5, 5.41) is 3.53. The van der Waals surface area contributed by atoms with E-state index in [4.69, 9.17) is 4.74 Å². The molecule has 3 nitrogen and oxygen atoms in total. The van der Waals surface area contributed by atoms with Crippen molar-refractivity contribution in [2.75, 3.05) is 37.9 Å². The first-order valence-electron chi connectivity index (χ1n) is 5.56. The van der Waals surface area contributed by atoms with Gasteiger partial charge in [0, 0.05) is 18.8 Å². The van der Waals surface area contributed by atoms with Gasteiger partial charge in [-0.2, -0.15) is 0 Å². The van der Waals surface area contributed by atoms with Crippen LogP contribution in [0.3, 0.4) is 0 Å². The number of morpholine rings is 1. The van der Waals surface area contributed by atoms with Gasteiger partial charge >= 0.3 is 0 Å². The summed E-state index contributed by atoms with van der Waals surface area (Å²) in [6.07, 6.45) is 2.13. The fourth-order valence-corrected chi connectivity index (χ4v) is 2.55. The van der Waals surface area contributed by atoms with Crippen LogP contribution in [0.1, 0.15) is 0 Å². The molecule has 1 aliphatic heterocycles. The lowest BCUT2D eigenvalue weighted by atomic mass is 10.3. The number of hydrogen-bond donors (Lipinski definition) is 1. The molecule has 1 atom stereocenters. The molecule has 4 heteroatoms. The van der Waals surface area contributed by atoms with Crippen molar-refractivity contribution in [3.8, 4) is 0 Å². The Kier molecular flexibility index (Phi) is 4.51. The lowest BCUT2D eigenvalue weighted by Gasteiger charge is -2.34. The van der Waals surface area contributed by atoms with Gasteiger partial charge in [-0.1, -0.05) is 18.2 Å². The molecule has 1 saturated heterocycles. The highest BCUT2D eigenvalue weighted by molar-refractivity contribution is 7.99. The van der Waals surface area contributed by atoms with Crippen molar-refractivity contribution in [3.63, 3.8) is 0 Å². The molecule has 1 aromatic carbocycles. The van der Waals surface area contributed by atoms with Crippen molar-refractivity contribution in [1.82, 2.24) is 4.90 Å². The molecule has 1 N–H and O–H groups in total. The first-order chi connectivity index (χ1) is 7.90. The highest BCUT2D eigenvalue weighted by Crippen LogP contribution is 2.17. The van der Waals surface area contributed by atoms with E-state index in [2.05, 4.69) is 40.7 Å². The van der Waals surface area contributed by atoms with Crippen LogP contribution in [0.4, 0.5) is 5.69 Å². The molecule has 0 amide bonds. The quantitative estimate of drug-likeness (QED) is 0.812. The van der Waals surface area contributed by atoms with Gasteiger partial charge in [0.25, 0.3) is 0 Å². The molecule has 0 radical (unpaired) electrons. The van der Waals surface area contributed by atoms with E-state index in [0.717, 1.165) is 26.3 Å². The van der Waals surface area contributed by atoms with Crippen molar-refractivity contribution in [3.05, 3.63) is 30.3 Å². The Balaban J connectivity index is 1.94. The molecule has 0 bridgehead atoms. The Morgan fingerprint density at radius 2 is 1.94 bits per heavy atom. The summed E-state index contributed by atoms with van der Waals surface area (Å²) in [4.78, 5) is 2.42. The van der Waals surface area contributed by atoms with Gasteiger partial charge in [0.1, 0.15) is 5.50 Å². The van der Waals surface area contributed by atoms with E-state index in [1.54, 1.807) is 0 Å². The lowest BCUT2D eigenvalue weighted by molar-refractivity contribution is 0.0363. The van der Waals surface area contributed by atoms with Crippen LogP contribution < -0.4 is 5.32 Å². The van der Waals surface area contributed by atoms with Crippen LogP contribution in [0.5, 0.6) is 0 Å². The molecule has 1 aromatic rings. The van der Waals surface area contributed by atoms with Gasteiger partial charge in [0.2, 0.25) is 0 Å². The normalized spacial score (nSPS) is 19.3. The minimum Gasteiger partial charge on any atom is -0.379 e. The van der Waals surface area contributed by atoms with Gasteiger partial charge in [-0.3, -0.25) is 4.90 Å². The van der Waals surface area contributed by atoms with Gasteiger partial charge < -0.3 is 10.1 Å². The number of nitrogens with one attached hydrogen (secondary N) is 1. The van der Waals surface area contributed by atoms with Gasteiger partial charge in [-0.15, -0.1) is 11.8 Å². The second kappa shape index (κ2) is 6.13. The molecule has 0 spiro atoms. The third-order valence-corrected chi connectivity index (χ3v) is 3.53. The number of rotatable bonds is 4. The van der Waals surface area contributed by atoms with E-state index >= 15 is 0 Å². The smallest absolute Gasteiger partial charge is 0.128 e. The number of anilines is 1. The Morgan fingerprint density at radius 3 is 2.56 bits per heavy atom. The first kappa shape index (κ1) is 11.8. The van der Waals surface area contributed by atoms with Crippen LogP contribution in [-0.2, 0) is 4.74 Å². The number of benzene rings is 1. The second-order valence-electron chi connectivity index (χ2n) is 3.75. The Morgan fingerprint density at radius 1 is 1.25 bits per heavy atom. The average molecular weight is 238 g/mol. The van der Waals surface area contributed by atoms with E-state index in [0.29, 0.717) is 5.50 Å². The van der Waals surface area contributed by atoms with Crippen molar-refractivity contribution in [1.29, 1.82) is 0 Å². The summed E-state index contributed by atoms with van der Waals surface area (Å²) in [5.41, 5.74) is 1.51. The van der Waals surface area contributed by atoms with E-state index in [1.807, 2.05) is 17.8 Å². The molecule has 1 aliphatic rings. The van der Waals surface area contributed by atoms with Crippen molar-refractivity contribution in [2.45, 2.75) is 5.50 Å². The monoisotopic (exact) mass is 238 g/mol. The zero-order valence-electron chi connectivity index (χ0n) is 9.56. The van der Waals surface area contributed by atoms with Crippen LogP contribution in [-0.4, -0.2) is 43.0 Å². The minimum atomic E-state index is 0.339. The minimum absolute atomic E-state index is 0.339. The Bertz CT molecular complexity index is 301. The molecule has 88 valence electrons. The first-order valence-corrected chi connectivity index (χ1v) is 6.85. The zero-order valence-corrected chi connectivity index (χ0v) is 10.4. The average Bonchev–Trinajstić information content (AvgIpc) is 2.38. The number of hydrogen-bond acceptors (Lipinski definition) is 4. The molecule has 0 aromatic heterocycles. The fourth-order valence-electron chi connectivity index (χ4n) is 1.79. The van der Waals surface area contributed by atoms with Crippen LogP contribution in [0.15, 0.2) is 30.3 Å². The third-order valence-electron chi connectivity index (χ3n) is 2.66. The Labute approximate surface area is 101 Å². The molecular formula is C12H18N2OS. The van der Waals surface area contributed by atoms with Crippen molar-refractivity contribution >= 4 is 17.4 Å².